The van der Waals surface area contributed by atoms with Crippen molar-refractivity contribution in [2.24, 2.45) is 5.41 Å². The number of benzene rings is 1. The van der Waals surface area contributed by atoms with Gasteiger partial charge in [0.25, 0.3) is 0 Å². The van der Waals surface area contributed by atoms with Crippen LogP contribution in [0.5, 0.6) is 0 Å². The lowest BCUT2D eigenvalue weighted by Gasteiger charge is -2.32. The third-order valence-electron chi connectivity index (χ3n) is 4.34. The van der Waals surface area contributed by atoms with Gasteiger partial charge >= 0.3 is 0 Å². The van der Waals surface area contributed by atoms with E-state index in [0.29, 0.717) is 5.41 Å². The number of hydrogen-bond acceptors (Lipinski definition) is 2. The highest BCUT2D eigenvalue weighted by atomic mass is 16.5. The Balaban J connectivity index is 2.73. The Bertz CT molecular complexity index is 376. The number of aryl methyl sites for hydroxylation is 2. The van der Waals surface area contributed by atoms with Crippen LogP contribution in [0.4, 0.5) is 0 Å². The Labute approximate surface area is 124 Å². The minimum Gasteiger partial charge on any atom is -0.383 e. The van der Waals surface area contributed by atoms with Crippen LogP contribution < -0.4 is 5.32 Å². The van der Waals surface area contributed by atoms with E-state index in [-0.39, 0.29) is 0 Å². The van der Waals surface area contributed by atoms with Crippen molar-refractivity contribution in [1.82, 2.24) is 5.32 Å². The number of methoxy groups -OCH3 is 1. The number of rotatable bonds is 9. The average molecular weight is 277 g/mol. The Kier molecular flexibility index (Phi) is 7.25. The first-order valence-electron chi connectivity index (χ1n) is 7.82. The summed E-state index contributed by atoms with van der Waals surface area (Å²) in [5, 5.41) is 3.55. The number of hydrogen-bond donors (Lipinski definition) is 1. The maximum Gasteiger partial charge on any atom is 0.0587 e. The Morgan fingerprint density at radius 1 is 1.05 bits per heavy atom. The standard InChI is InChI=1S/C18H31NO/c1-6-18(7-2,14-19-8-9-20-5)13-17-11-15(3)10-16(4)12-17/h10-12,19H,6-9,13-14H2,1-5H3. The van der Waals surface area contributed by atoms with E-state index in [1.165, 1.54) is 29.5 Å². The highest BCUT2D eigenvalue weighted by molar-refractivity contribution is 5.29. The van der Waals surface area contributed by atoms with Crippen molar-refractivity contribution < 1.29 is 4.74 Å². The lowest BCUT2D eigenvalue weighted by atomic mass is 9.76. The molecular formula is C18H31NO. The summed E-state index contributed by atoms with van der Waals surface area (Å²) in [6.07, 6.45) is 3.56. The van der Waals surface area contributed by atoms with Crippen LogP contribution in [0.2, 0.25) is 0 Å². The van der Waals surface area contributed by atoms with Gasteiger partial charge in [0.2, 0.25) is 0 Å². The predicted molar refractivity (Wildman–Crippen MR) is 87.4 cm³/mol. The molecule has 0 aromatic heterocycles. The van der Waals surface area contributed by atoms with E-state index in [4.69, 9.17) is 4.74 Å². The van der Waals surface area contributed by atoms with Crippen molar-refractivity contribution in [1.29, 1.82) is 0 Å². The van der Waals surface area contributed by atoms with Gasteiger partial charge in [0.05, 0.1) is 6.61 Å². The fraction of sp³-hybridized carbons (Fsp3) is 0.667. The smallest absolute Gasteiger partial charge is 0.0587 e. The lowest BCUT2D eigenvalue weighted by Crippen LogP contribution is -2.36. The SMILES string of the molecule is CCC(CC)(CNCCOC)Cc1cc(C)cc(C)c1. The third-order valence-corrected chi connectivity index (χ3v) is 4.34. The summed E-state index contributed by atoms with van der Waals surface area (Å²) in [5.41, 5.74) is 4.56. The second-order valence-corrected chi connectivity index (χ2v) is 6.05. The van der Waals surface area contributed by atoms with Crippen LogP contribution in [-0.4, -0.2) is 26.8 Å². The van der Waals surface area contributed by atoms with Crippen LogP contribution in [0.1, 0.15) is 43.4 Å². The molecule has 0 atom stereocenters. The zero-order chi connectivity index (χ0) is 15.0. The lowest BCUT2D eigenvalue weighted by molar-refractivity contribution is 0.185. The molecule has 0 aliphatic heterocycles. The Morgan fingerprint density at radius 3 is 2.15 bits per heavy atom. The summed E-state index contributed by atoms with van der Waals surface area (Å²) in [7, 11) is 1.75. The summed E-state index contributed by atoms with van der Waals surface area (Å²) in [6, 6.07) is 6.92. The largest absolute Gasteiger partial charge is 0.383 e. The van der Waals surface area contributed by atoms with Crippen molar-refractivity contribution in [2.45, 2.75) is 47.0 Å². The molecule has 1 aromatic rings. The van der Waals surface area contributed by atoms with E-state index in [2.05, 4.69) is 51.2 Å². The highest BCUT2D eigenvalue weighted by Gasteiger charge is 2.26. The summed E-state index contributed by atoms with van der Waals surface area (Å²) in [6.45, 7) is 11.8. The molecule has 0 spiro atoms. The molecular weight excluding hydrogens is 246 g/mol. The van der Waals surface area contributed by atoms with Crippen molar-refractivity contribution in [2.75, 3.05) is 26.8 Å². The molecule has 0 fully saturated rings. The molecule has 0 saturated carbocycles. The van der Waals surface area contributed by atoms with Crippen molar-refractivity contribution in [3.05, 3.63) is 34.9 Å². The molecule has 0 radical (unpaired) electrons. The van der Waals surface area contributed by atoms with E-state index in [0.717, 1.165) is 26.1 Å². The van der Waals surface area contributed by atoms with E-state index in [1.807, 2.05) is 0 Å². The topological polar surface area (TPSA) is 21.3 Å². The monoisotopic (exact) mass is 277 g/mol. The third kappa shape index (κ3) is 5.26. The maximum atomic E-state index is 5.11. The van der Waals surface area contributed by atoms with Crippen molar-refractivity contribution in [3.8, 4) is 0 Å². The summed E-state index contributed by atoms with van der Waals surface area (Å²) in [5.74, 6) is 0. The predicted octanol–water partition coefficient (Wildman–Crippen LogP) is 3.89. The molecule has 1 N–H and O–H groups in total. The minimum absolute atomic E-state index is 0.355. The molecule has 2 heteroatoms. The van der Waals surface area contributed by atoms with E-state index >= 15 is 0 Å². The van der Waals surface area contributed by atoms with Gasteiger partial charge < -0.3 is 10.1 Å². The van der Waals surface area contributed by atoms with Crippen LogP contribution in [0.25, 0.3) is 0 Å². The maximum absolute atomic E-state index is 5.11. The van der Waals surface area contributed by atoms with Crippen molar-refractivity contribution in [3.63, 3.8) is 0 Å². The van der Waals surface area contributed by atoms with Crippen LogP contribution in [0, 0.1) is 19.3 Å². The molecule has 1 rings (SSSR count). The molecule has 0 amide bonds. The minimum atomic E-state index is 0.355. The summed E-state index contributed by atoms with van der Waals surface area (Å²) in [4.78, 5) is 0. The Morgan fingerprint density at radius 2 is 1.65 bits per heavy atom. The van der Waals surface area contributed by atoms with Crippen LogP contribution in [-0.2, 0) is 11.2 Å². The van der Waals surface area contributed by atoms with Crippen LogP contribution in [0.3, 0.4) is 0 Å². The number of ether oxygens (including phenoxy) is 1. The quantitative estimate of drug-likeness (QED) is 0.691. The molecule has 0 bridgehead atoms. The van der Waals surface area contributed by atoms with Gasteiger partial charge in [-0.05, 0) is 44.1 Å². The zero-order valence-electron chi connectivity index (χ0n) is 13.9. The van der Waals surface area contributed by atoms with Crippen LogP contribution >= 0.6 is 0 Å². The first-order chi connectivity index (χ1) is 9.55. The number of nitrogens with one attached hydrogen (secondary N) is 1. The molecule has 0 heterocycles. The molecule has 1 aromatic carbocycles. The van der Waals surface area contributed by atoms with Crippen molar-refractivity contribution >= 4 is 0 Å². The molecule has 0 aliphatic carbocycles. The summed E-state index contributed by atoms with van der Waals surface area (Å²) >= 11 is 0. The molecule has 2 nitrogen and oxygen atoms in total. The molecule has 0 saturated heterocycles. The van der Waals surface area contributed by atoms with Gasteiger partial charge in [-0.3, -0.25) is 0 Å². The van der Waals surface area contributed by atoms with E-state index in [1.54, 1.807) is 7.11 Å². The first kappa shape index (κ1) is 17.2. The zero-order valence-corrected chi connectivity index (χ0v) is 13.9. The first-order valence-corrected chi connectivity index (χ1v) is 7.82. The molecule has 0 unspecified atom stereocenters. The van der Waals surface area contributed by atoms with Gasteiger partial charge in [0.1, 0.15) is 0 Å². The fourth-order valence-corrected chi connectivity index (χ4v) is 2.94. The van der Waals surface area contributed by atoms with E-state index in [9.17, 15) is 0 Å². The van der Waals surface area contributed by atoms with Gasteiger partial charge in [0, 0.05) is 20.2 Å². The van der Waals surface area contributed by atoms with Gasteiger partial charge in [0.15, 0.2) is 0 Å². The second-order valence-electron chi connectivity index (χ2n) is 6.05. The molecule has 114 valence electrons. The van der Waals surface area contributed by atoms with E-state index < -0.39 is 0 Å². The van der Waals surface area contributed by atoms with Gasteiger partial charge in [-0.1, -0.05) is 43.2 Å². The Hall–Kier alpha value is -0.860. The second kappa shape index (κ2) is 8.43. The van der Waals surface area contributed by atoms with Gasteiger partial charge in [-0.15, -0.1) is 0 Å². The molecule has 20 heavy (non-hydrogen) atoms. The summed E-state index contributed by atoms with van der Waals surface area (Å²) < 4.78 is 5.11. The fourth-order valence-electron chi connectivity index (χ4n) is 2.94. The van der Waals surface area contributed by atoms with Gasteiger partial charge in [-0.25, -0.2) is 0 Å². The highest BCUT2D eigenvalue weighted by Crippen LogP contribution is 2.31. The average Bonchev–Trinajstić information content (AvgIpc) is 2.41. The van der Waals surface area contributed by atoms with Gasteiger partial charge in [-0.2, -0.15) is 0 Å². The molecule has 0 aliphatic rings. The normalized spacial score (nSPS) is 11.8. The van der Waals surface area contributed by atoms with Crippen LogP contribution in [0.15, 0.2) is 18.2 Å².